The molecule has 130 valence electrons. The normalized spacial score (nSPS) is 19.5. The number of nitrogens with one attached hydrogen (secondary N) is 2. The molecule has 2 heterocycles. The van der Waals surface area contributed by atoms with E-state index in [1.165, 1.54) is 0 Å². The molecule has 6 heteroatoms. The fourth-order valence-electron chi connectivity index (χ4n) is 3.19. The molecule has 0 radical (unpaired) electrons. The lowest BCUT2D eigenvalue weighted by atomic mass is 10.1. The first-order chi connectivity index (χ1) is 11.5. The Hall–Kier alpha value is -2.05. The molecular weight excluding hydrogens is 304 g/mol. The van der Waals surface area contributed by atoms with Gasteiger partial charge in [-0.25, -0.2) is 0 Å². The summed E-state index contributed by atoms with van der Waals surface area (Å²) in [6, 6.07) is 8.25. The van der Waals surface area contributed by atoms with E-state index < -0.39 is 0 Å². The number of benzene rings is 1. The van der Waals surface area contributed by atoms with Gasteiger partial charge in [-0.2, -0.15) is 0 Å². The van der Waals surface area contributed by atoms with Crippen LogP contribution in [0.3, 0.4) is 0 Å². The second kappa shape index (κ2) is 7.23. The third-order valence-corrected chi connectivity index (χ3v) is 4.76. The minimum absolute atomic E-state index is 0.0957. The van der Waals surface area contributed by atoms with Gasteiger partial charge in [0.15, 0.2) is 0 Å². The van der Waals surface area contributed by atoms with Crippen LogP contribution in [0.2, 0.25) is 0 Å². The molecule has 0 bridgehead atoms. The van der Waals surface area contributed by atoms with Crippen LogP contribution < -0.4 is 10.1 Å². The molecule has 0 saturated carbocycles. The number of ether oxygens (including phenoxy) is 1. The number of amides is 1. The Morgan fingerprint density at radius 3 is 2.96 bits per heavy atom. The number of likely N-dealkylation sites (N-methyl/N-ethyl adjacent to an activating group) is 2. The van der Waals surface area contributed by atoms with Crippen molar-refractivity contribution in [2.24, 2.45) is 0 Å². The molecule has 1 fully saturated rings. The molecule has 3 rings (SSSR count). The second-order valence-electron chi connectivity index (χ2n) is 6.63. The van der Waals surface area contributed by atoms with Gasteiger partial charge >= 0.3 is 0 Å². The van der Waals surface area contributed by atoms with Gasteiger partial charge in [-0.05, 0) is 38.4 Å². The molecule has 1 saturated heterocycles. The summed E-state index contributed by atoms with van der Waals surface area (Å²) in [4.78, 5) is 20.1. The van der Waals surface area contributed by atoms with E-state index in [0.29, 0.717) is 13.0 Å². The van der Waals surface area contributed by atoms with Crippen molar-refractivity contribution < 1.29 is 9.53 Å². The van der Waals surface area contributed by atoms with Crippen molar-refractivity contribution >= 4 is 16.8 Å². The van der Waals surface area contributed by atoms with Crippen molar-refractivity contribution in [1.29, 1.82) is 0 Å². The maximum Gasteiger partial charge on any atom is 0.221 e. The first-order valence-corrected chi connectivity index (χ1v) is 8.36. The molecule has 2 aromatic rings. The third-order valence-electron chi connectivity index (χ3n) is 4.76. The fraction of sp³-hybridized carbons (Fsp3) is 0.500. The quantitative estimate of drug-likeness (QED) is 0.871. The van der Waals surface area contributed by atoms with Gasteiger partial charge in [0, 0.05) is 48.7 Å². The Balaban J connectivity index is 1.56. The first kappa shape index (κ1) is 16.8. The van der Waals surface area contributed by atoms with Crippen LogP contribution in [0.4, 0.5) is 0 Å². The minimum Gasteiger partial charge on any atom is -0.497 e. The van der Waals surface area contributed by atoms with Gasteiger partial charge in [-0.1, -0.05) is 0 Å². The number of aromatic nitrogens is 1. The maximum atomic E-state index is 12.3. The summed E-state index contributed by atoms with van der Waals surface area (Å²) in [5.41, 5.74) is 2.05. The van der Waals surface area contributed by atoms with Gasteiger partial charge in [0.05, 0.1) is 13.7 Å². The highest BCUT2D eigenvalue weighted by Gasteiger charge is 2.24. The molecule has 0 spiro atoms. The molecular formula is C18H26N4O2. The van der Waals surface area contributed by atoms with E-state index in [1.807, 2.05) is 18.2 Å². The largest absolute Gasteiger partial charge is 0.497 e. The molecule has 1 atom stereocenters. The molecule has 0 aliphatic carbocycles. The number of nitrogens with zero attached hydrogens (tertiary/aromatic N) is 2. The summed E-state index contributed by atoms with van der Waals surface area (Å²) in [6.45, 7) is 3.53. The van der Waals surface area contributed by atoms with Crippen molar-refractivity contribution in [2.45, 2.75) is 19.0 Å². The molecule has 24 heavy (non-hydrogen) atoms. The molecule has 1 amide bonds. The zero-order chi connectivity index (χ0) is 17.1. The first-order valence-electron chi connectivity index (χ1n) is 8.36. The highest BCUT2D eigenvalue weighted by molar-refractivity contribution is 5.82. The molecule has 1 aromatic carbocycles. The Morgan fingerprint density at radius 1 is 1.33 bits per heavy atom. The zero-order valence-corrected chi connectivity index (χ0v) is 14.6. The van der Waals surface area contributed by atoms with Crippen LogP contribution in [0.5, 0.6) is 5.75 Å². The summed E-state index contributed by atoms with van der Waals surface area (Å²) in [5, 5.41) is 4.11. The van der Waals surface area contributed by atoms with Crippen LogP contribution in [-0.4, -0.2) is 67.6 Å². The Bertz CT molecular complexity index is 712. The number of hydrogen-bond acceptors (Lipinski definition) is 4. The number of methoxy groups -OCH3 is 1. The lowest BCUT2D eigenvalue weighted by Gasteiger charge is -2.37. The molecule has 1 aliphatic rings. The Labute approximate surface area is 142 Å². The van der Waals surface area contributed by atoms with Crippen LogP contribution in [0.1, 0.15) is 12.1 Å². The van der Waals surface area contributed by atoms with Crippen molar-refractivity contribution in [2.75, 3.05) is 40.8 Å². The predicted molar refractivity (Wildman–Crippen MR) is 95.2 cm³/mol. The molecule has 1 aromatic heterocycles. The van der Waals surface area contributed by atoms with Crippen LogP contribution in [0, 0.1) is 0 Å². The van der Waals surface area contributed by atoms with Gasteiger partial charge in [0.1, 0.15) is 5.75 Å². The zero-order valence-electron chi connectivity index (χ0n) is 14.6. The number of rotatable bonds is 5. The smallest absolute Gasteiger partial charge is 0.221 e. The average Bonchev–Trinajstić information content (AvgIpc) is 2.98. The van der Waals surface area contributed by atoms with E-state index in [0.717, 1.165) is 42.0 Å². The van der Waals surface area contributed by atoms with Crippen LogP contribution >= 0.6 is 0 Å². The molecule has 1 aliphatic heterocycles. The molecule has 2 N–H and O–H groups in total. The molecule has 0 unspecified atom stereocenters. The SMILES string of the molecule is COc1ccc2[nH]c(CNC(=O)C[C@H]3CN(C)CCN3C)cc2c1. The van der Waals surface area contributed by atoms with Crippen LogP contribution in [-0.2, 0) is 11.3 Å². The van der Waals surface area contributed by atoms with E-state index in [9.17, 15) is 4.79 Å². The van der Waals surface area contributed by atoms with Crippen molar-refractivity contribution in [3.8, 4) is 5.75 Å². The average molecular weight is 330 g/mol. The predicted octanol–water partition coefficient (Wildman–Crippen LogP) is 1.43. The van der Waals surface area contributed by atoms with E-state index in [2.05, 4.69) is 40.3 Å². The summed E-state index contributed by atoms with van der Waals surface area (Å²) < 4.78 is 5.24. The summed E-state index contributed by atoms with van der Waals surface area (Å²) in [6.07, 6.45) is 0.537. The monoisotopic (exact) mass is 330 g/mol. The highest BCUT2D eigenvalue weighted by Crippen LogP contribution is 2.21. The Morgan fingerprint density at radius 2 is 2.17 bits per heavy atom. The van der Waals surface area contributed by atoms with Gasteiger partial charge in [-0.15, -0.1) is 0 Å². The van der Waals surface area contributed by atoms with Crippen molar-refractivity contribution in [1.82, 2.24) is 20.1 Å². The van der Waals surface area contributed by atoms with E-state index in [4.69, 9.17) is 4.74 Å². The lowest BCUT2D eigenvalue weighted by Crippen LogP contribution is -2.51. The summed E-state index contributed by atoms with van der Waals surface area (Å²) in [7, 11) is 5.86. The third kappa shape index (κ3) is 3.88. The number of carbonyl (C=O) groups is 1. The number of carbonyl (C=O) groups excluding carboxylic acids is 1. The summed E-state index contributed by atoms with van der Waals surface area (Å²) >= 11 is 0. The summed E-state index contributed by atoms with van der Waals surface area (Å²) in [5.74, 6) is 0.930. The maximum absolute atomic E-state index is 12.3. The van der Waals surface area contributed by atoms with Crippen LogP contribution in [0.25, 0.3) is 10.9 Å². The number of piperazine rings is 1. The van der Waals surface area contributed by atoms with Gasteiger partial charge < -0.3 is 24.8 Å². The van der Waals surface area contributed by atoms with Crippen molar-refractivity contribution in [3.63, 3.8) is 0 Å². The fourth-order valence-corrected chi connectivity index (χ4v) is 3.19. The molecule has 6 nitrogen and oxygen atoms in total. The number of H-pyrrole nitrogens is 1. The highest BCUT2D eigenvalue weighted by atomic mass is 16.5. The van der Waals surface area contributed by atoms with E-state index >= 15 is 0 Å². The minimum atomic E-state index is 0.0957. The Kier molecular flexibility index (Phi) is 5.06. The van der Waals surface area contributed by atoms with Crippen molar-refractivity contribution in [3.05, 3.63) is 30.0 Å². The topological polar surface area (TPSA) is 60.6 Å². The van der Waals surface area contributed by atoms with E-state index in [1.54, 1.807) is 7.11 Å². The van der Waals surface area contributed by atoms with E-state index in [-0.39, 0.29) is 11.9 Å². The number of hydrogen-bond donors (Lipinski definition) is 2. The van der Waals surface area contributed by atoms with Gasteiger partial charge in [0.2, 0.25) is 5.91 Å². The van der Waals surface area contributed by atoms with Crippen LogP contribution in [0.15, 0.2) is 24.3 Å². The number of fused-ring (bicyclic) bond motifs is 1. The number of aromatic amines is 1. The van der Waals surface area contributed by atoms with Gasteiger partial charge in [-0.3, -0.25) is 4.79 Å². The van der Waals surface area contributed by atoms with Gasteiger partial charge in [0.25, 0.3) is 0 Å². The lowest BCUT2D eigenvalue weighted by molar-refractivity contribution is -0.122. The standard InChI is InChI=1S/C18H26N4O2/c1-21-6-7-22(2)15(12-21)10-18(23)19-11-14-8-13-9-16(24-3)4-5-17(13)20-14/h4-5,8-9,15,20H,6-7,10-12H2,1-3H3,(H,19,23)/t15-/m0/s1. The second-order valence-corrected chi connectivity index (χ2v) is 6.63.